The molecule has 23 heavy (non-hydrogen) atoms. The smallest absolute Gasteiger partial charge is 0.269 e. The number of carbonyl (C=O) groups is 1. The number of amides is 1. The van der Waals surface area contributed by atoms with Crippen molar-refractivity contribution < 1.29 is 14.5 Å². The molecule has 0 spiro atoms. The van der Waals surface area contributed by atoms with Crippen LogP contribution in [0.15, 0.2) is 48.5 Å². The lowest BCUT2D eigenvalue weighted by Crippen LogP contribution is -2.36. The van der Waals surface area contributed by atoms with E-state index in [1.807, 2.05) is 38.1 Å². The van der Waals surface area contributed by atoms with E-state index < -0.39 is 4.92 Å². The Kier molecular flexibility index (Phi) is 5.30. The number of hydrogen-bond acceptors (Lipinski definition) is 4. The molecule has 1 atom stereocenters. The van der Waals surface area contributed by atoms with Crippen LogP contribution in [0, 0.1) is 17.0 Å². The third kappa shape index (κ3) is 4.54. The van der Waals surface area contributed by atoms with E-state index in [0.29, 0.717) is 12.2 Å². The number of nitrogens with zero attached hydrogens (tertiary/aromatic N) is 1. The van der Waals surface area contributed by atoms with E-state index in [1.54, 1.807) is 0 Å². The minimum Gasteiger partial charge on any atom is -0.491 e. The molecule has 0 aliphatic heterocycles. The number of rotatable bonds is 6. The highest BCUT2D eigenvalue weighted by molar-refractivity contribution is 5.94. The maximum absolute atomic E-state index is 12.1. The van der Waals surface area contributed by atoms with Gasteiger partial charge in [0.2, 0.25) is 0 Å². The number of non-ortho nitro benzene ring substituents is 1. The van der Waals surface area contributed by atoms with E-state index in [0.717, 1.165) is 11.3 Å². The van der Waals surface area contributed by atoms with Gasteiger partial charge in [-0.25, -0.2) is 0 Å². The Bertz CT molecular complexity index is 698. The van der Waals surface area contributed by atoms with Gasteiger partial charge >= 0.3 is 0 Å². The van der Waals surface area contributed by atoms with E-state index in [-0.39, 0.29) is 17.6 Å². The third-order valence-electron chi connectivity index (χ3n) is 3.30. The van der Waals surface area contributed by atoms with Crippen LogP contribution >= 0.6 is 0 Å². The Labute approximate surface area is 134 Å². The van der Waals surface area contributed by atoms with E-state index >= 15 is 0 Å². The van der Waals surface area contributed by atoms with Crippen LogP contribution in [-0.4, -0.2) is 23.5 Å². The quantitative estimate of drug-likeness (QED) is 0.656. The molecule has 6 heteroatoms. The monoisotopic (exact) mass is 314 g/mol. The van der Waals surface area contributed by atoms with Crippen molar-refractivity contribution in [2.45, 2.75) is 19.9 Å². The predicted octanol–water partition coefficient (Wildman–Crippen LogP) is 3.10. The highest BCUT2D eigenvalue weighted by atomic mass is 16.6. The number of nitro groups is 1. The van der Waals surface area contributed by atoms with Gasteiger partial charge in [-0.3, -0.25) is 14.9 Å². The van der Waals surface area contributed by atoms with Crippen molar-refractivity contribution >= 4 is 11.6 Å². The number of hydrogen-bond donors (Lipinski definition) is 1. The number of benzene rings is 2. The third-order valence-corrected chi connectivity index (χ3v) is 3.30. The Hall–Kier alpha value is -2.89. The number of nitrogens with one attached hydrogen (secondary N) is 1. The molecule has 0 saturated heterocycles. The average Bonchev–Trinajstić information content (AvgIpc) is 2.54. The summed E-state index contributed by atoms with van der Waals surface area (Å²) >= 11 is 0. The Morgan fingerprint density at radius 2 is 1.87 bits per heavy atom. The van der Waals surface area contributed by atoms with Crippen LogP contribution in [0.5, 0.6) is 5.75 Å². The van der Waals surface area contributed by atoms with Crippen molar-refractivity contribution in [1.29, 1.82) is 0 Å². The zero-order chi connectivity index (χ0) is 16.8. The second-order valence-corrected chi connectivity index (χ2v) is 5.25. The Morgan fingerprint density at radius 1 is 1.22 bits per heavy atom. The Morgan fingerprint density at radius 3 is 2.48 bits per heavy atom. The summed E-state index contributed by atoms with van der Waals surface area (Å²) in [5.74, 6) is 0.490. The summed E-state index contributed by atoms with van der Waals surface area (Å²) in [6, 6.07) is 12.9. The van der Waals surface area contributed by atoms with Crippen molar-refractivity contribution in [1.82, 2.24) is 5.32 Å². The first-order valence-corrected chi connectivity index (χ1v) is 7.21. The molecular formula is C17H18N2O4. The molecule has 0 radical (unpaired) electrons. The van der Waals surface area contributed by atoms with Gasteiger partial charge in [0.05, 0.1) is 11.0 Å². The average molecular weight is 314 g/mol. The lowest BCUT2D eigenvalue weighted by molar-refractivity contribution is -0.384. The summed E-state index contributed by atoms with van der Waals surface area (Å²) in [6.45, 7) is 4.13. The SMILES string of the molecule is Cc1ccccc1OCC(C)NC(=O)c1ccc([N+](=O)[O-])cc1. The van der Waals surface area contributed by atoms with Crippen molar-refractivity contribution in [2.24, 2.45) is 0 Å². The van der Waals surface area contributed by atoms with Crippen LogP contribution in [0.3, 0.4) is 0 Å². The topological polar surface area (TPSA) is 81.5 Å². The van der Waals surface area contributed by atoms with Crippen molar-refractivity contribution in [2.75, 3.05) is 6.61 Å². The highest BCUT2D eigenvalue weighted by Crippen LogP contribution is 2.16. The molecule has 0 fully saturated rings. The molecule has 2 aromatic carbocycles. The molecule has 0 bridgehead atoms. The maximum Gasteiger partial charge on any atom is 0.269 e. The van der Waals surface area contributed by atoms with Gasteiger partial charge in [-0.05, 0) is 37.6 Å². The fourth-order valence-corrected chi connectivity index (χ4v) is 2.02. The van der Waals surface area contributed by atoms with Gasteiger partial charge in [-0.1, -0.05) is 18.2 Å². The van der Waals surface area contributed by atoms with Crippen LogP contribution in [0.1, 0.15) is 22.8 Å². The largest absolute Gasteiger partial charge is 0.491 e. The standard InChI is InChI=1S/C17H18N2O4/c1-12-5-3-4-6-16(12)23-11-13(2)18-17(20)14-7-9-15(10-8-14)19(21)22/h3-10,13H,11H2,1-2H3,(H,18,20). The van der Waals surface area contributed by atoms with Gasteiger partial charge in [0.1, 0.15) is 12.4 Å². The Balaban J connectivity index is 1.89. The summed E-state index contributed by atoms with van der Waals surface area (Å²) < 4.78 is 5.68. The van der Waals surface area contributed by atoms with Crippen LogP contribution in [0.25, 0.3) is 0 Å². The minimum atomic E-state index is -0.500. The number of ether oxygens (including phenoxy) is 1. The van der Waals surface area contributed by atoms with Crippen molar-refractivity contribution in [3.8, 4) is 5.75 Å². The summed E-state index contributed by atoms with van der Waals surface area (Å²) in [7, 11) is 0. The minimum absolute atomic E-state index is 0.0440. The van der Waals surface area contributed by atoms with Crippen LogP contribution < -0.4 is 10.1 Å². The van der Waals surface area contributed by atoms with Gasteiger partial charge in [-0.2, -0.15) is 0 Å². The van der Waals surface area contributed by atoms with Crippen LogP contribution in [0.2, 0.25) is 0 Å². The first kappa shape index (κ1) is 16.5. The molecule has 2 aromatic rings. The molecular weight excluding hydrogens is 296 g/mol. The molecule has 6 nitrogen and oxygen atoms in total. The summed E-state index contributed by atoms with van der Waals surface area (Å²) in [5.41, 5.74) is 1.36. The zero-order valence-electron chi connectivity index (χ0n) is 13.0. The normalized spacial score (nSPS) is 11.6. The van der Waals surface area contributed by atoms with E-state index in [2.05, 4.69) is 5.32 Å². The van der Waals surface area contributed by atoms with E-state index in [4.69, 9.17) is 4.74 Å². The van der Waals surface area contributed by atoms with Crippen LogP contribution in [-0.2, 0) is 0 Å². The maximum atomic E-state index is 12.1. The fraction of sp³-hybridized carbons (Fsp3) is 0.235. The van der Waals surface area contributed by atoms with Crippen molar-refractivity contribution in [3.63, 3.8) is 0 Å². The second kappa shape index (κ2) is 7.40. The fourth-order valence-electron chi connectivity index (χ4n) is 2.02. The molecule has 2 rings (SSSR count). The lowest BCUT2D eigenvalue weighted by atomic mass is 10.2. The summed E-state index contributed by atoms with van der Waals surface area (Å²) in [4.78, 5) is 22.2. The molecule has 0 heterocycles. The highest BCUT2D eigenvalue weighted by Gasteiger charge is 2.12. The van der Waals surface area contributed by atoms with Gasteiger partial charge < -0.3 is 10.1 Å². The molecule has 0 aromatic heterocycles. The lowest BCUT2D eigenvalue weighted by Gasteiger charge is -2.16. The molecule has 0 aliphatic rings. The molecule has 120 valence electrons. The molecule has 1 unspecified atom stereocenters. The summed E-state index contributed by atoms with van der Waals surface area (Å²) in [5, 5.41) is 13.4. The number of nitro benzene ring substituents is 1. The van der Waals surface area contributed by atoms with Crippen LogP contribution in [0.4, 0.5) is 5.69 Å². The molecule has 0 saturated carbocycles. The molecule has 1 amide bonds. The first-order valence-electron chi connectivity index (χ1n) is 7.21. The van der Waals surface area contributed by atoms with Gasteiger partial charge in [0, 0.05) is 17.7 Å². The number of carbonyl (C=O) groups excluding carboxylic acids is 1. The first-order chi connectivity index (χ1) is 11.0. The molecule has 0 aliphatic carbocycles. The van der Waals surface area contributed by atoms with E-state index in [1.165, 1.54) is 24.3 Å². The van der Waals surface area contributed by atoms with E-state index in [9.17, 15) is 14.9 Å². The molecule has 1 N–H and O–H groups in total. The van der Waals surface area contributed by atoms with Gasteiger partial charge in [0.25, 0.3) is 11.6 Å². The number of para-hydroxylation sites is 1. The zero-order valence-corrected chi connectivity index (χ0v) is 13.0. The second-order valence-electron chi connectivity index (χ2n) is 5.25. The predicted molar refractivity (Wildman–Crippen MR) is 86.7 cm³/mol. The van der Waals surface area contributed by atoms with Crippen molar-refractivity contribution in [3.05, 3.63) is 69.8 Å². The van der Waals surface area contributed by atoms with Gasteiger partial charge in [0.15, 0.2) is 0 Å². The summed E-state index contributed by atoms with van der Waals surface area (Å²) in [6.07, 6.45) is 0. The van der Waals surface area contributed by atoms with Gasteiger partial charge in [-0.15, -0.1) is 0 Å². The number of aryl methyl sites for hydroxylation is 1.